The van der Waals surface area contributed by atoms with Gasteiger partial charge in [0, 0.05) is 31.9 Å². The molecule has 1 aromatic rings. The number of likely N-dealkylation sites (N-methyl/N-ethyl adjacent to an activating group) is 1. The zero-order valence-corrected chi connectivity index (χ0v) is 13.5. The molecule has 20 heavy (non-hydrogen) atoms. The van der Waals surface area contributed by atoms with Crippen molar-refractivity contribution in [2.45, 2.75) is 32.9 Å². The lowest BCUT2D eigenvalue weighted by Gasteiger charge is -2.26. The van der Waals surface area contributed by atoms with Crippen molar-refractivity contribution in [1.82, 2.24) is 15.2 Å². The van der Waals surface area contributed by atoms with E-state index in [0.717, 1.165) is 49.1 Å². The normalized spacial score (nSPS) is 19.1. The highest BCUT2D eigenvalue weighted by Crippen LogP contribution is 2.28. The molecular formula is C15H25ClN4. The fourth-order valence-electron chi connectivity index (χ4n) is 2.98. The average molecular weight is 297 g/mol. The molecule has 0 amide bonds. The molecule has 112 valence electrons. The molecule has 1 fully saturated rings. The summed E-state index contributed by atoms with van der Waals surface area (Å²) in [5.41, 5.74) is 1.13. The molecule has 0 aromatic carbocycles. The molecule has 0 spiro atoms. The number of hydrogen-bond donors (Lipinski definition) is 1. The summed E-state index contributed by atoms with van der Waals surface area (Å²) in [5.74, 6) is 0.932. The molecule has 0 radical (unpaired) electrons. The van der Waals surface area contributed by atoms with Crippen molar-refractivity contribution in [2.24, 2.45) is 0 Å². The predicted molar refractivity (Wildman–Crippen MR) is 85.5 cm³/mol. The van der Waals surface area contributed by atoms with Crippen molar-refractivity contribution < 1.29 is 0 Å². The summed E-state index contributed by atoms with van der Waals surface area (Å²) < 4.78 is 0. The molecule has 2 rings (SSSR count). The first-order chi connectivity index (χ1) is 9.69. The second-order valence-electron chi connectivity index (χ2n) is 5.29. The van der Waals surface area contributed by atoms with Crippen LogP contribution in [0.25, 0.3) is 0 Å². The first-order valence-corrected chi connectivity index (χ1v) is 7.85. The van der Waals surface area contributed by atoms with Gasteiger partial charge in [-0.05, 0) is 38.2 Å². The minimum atomic E-state index is 0.625. The third-order valence-electron chi connectivity index (χ3n) is 4.05. The molecule has 0 saturated carbocycles. The van der Waals surface area contributed by atoms with Crippen molar-refractivity contribution in [3.63, 3.8) is 0 Å². The fraction of sp³-hybridized carbons (Fsp3) is 0.667. The minimum absolute atomic E-state index is 0.625. The maximum absolute atomic E-state index is 6.39. The Balaban J connectivity index is 2.06. The average Bonchev–Trinajstić information content (AvgIpc) is 2.90. The minimum Gasteiger partial charge on any atom is -0.354 e. The van der Waals surface area contributed by atoms with Gasteiger partial charge in [-0.1, -0.05) is 25.4 Å². The molecule has 1 aromatic heterocycles. The number of rotatable bonds is 6. The molecule has 1 unspecified atom stereocenters. The van der Waals surface area contributed by atoms with Gasteiger partial charge in [0.05, 0.1) is 5.02 Å². The van der Waals surface area contributed by atoms with Crippen LogP contribution in [0.1, 0.15) is 25.8 Å². The van der Waals surface area contributed by atoms with Gasteiger partial charge in [-0.25, -0.2) is 4.98 Å². The summed E-state index contributed by atoms with van der Waals surface area (Å²) in [6.07, 6.45) is 3.11. The van der Waals surface area contributed by atoms with E-state index in [2.05, 4.69) is 33.9 Å². The van der Waals surface area contributed by atoms with Gasteiger partial charge in [0.1, 0.15) is 5.82 Å². The lowest BCUT2D eigenvalue weighted by atomic mass is 10.2. The highest BCUT2D eigenvalue weighted by Gasteiger charge is 2.28. The maximum atomic E-state index is 6.39. The smallest absolute Gasteiger partial charge is 0.147 e. The monoisotopic (exact) mass is 296 g/mol. The van der Waals surface area contributed by atoms with Gasteiger partial charge < -0.3 is 10.2 Å². The second-order valence-corrected chi connectivity index (χ2v) is 5.70. The Morgan fingerprint density at radius 1 is 1.45 bits per heavy atom. The molecule has 0 bridgehead atoms. The summed E-state index contributed by atoms with van der Waals surface area (Å²) in [4.78, 5) is 9.39. The van der Waals surface area contributed by atoms with Crippen LogP contribution < -0.4 is 10.2 Å². The van der Waals surface area contributed by atoms with Crippen LogP contribution in [0.15, 0.2) is 12.3 Å². The van der Waals surface area contributed by atoms with Crippen molar-refractivity contribution in [3.8, 4) is 0 Å². The SMILES string of the molecule is CCN(CC)C1CCN(c2ncc(CNC)cc2Cl)C1. The predicted octanol–water partition coefficient (Wildman–Crippen LogP) is 2.37. The lowest BCUT2D eigenvalue weighted by Crippen LogP contribution is -2.37. The summed E-state index contributed by atoms with van der Waals surface area (Å²) in [5, 5.41) is 3.88. The van der Waals surface area contributed by atoms with Crippen LogP contribution in [0.5, 0.6) is 0 Å². The highest BCUT2D eigenvalue weighted by molar-refractivity contribution is 6.33. The molecule has 5 heteroatoms. The van der Waals surface area contributed by atoms with Crippen LogP contribution >= 0.6 is 11.6 Å². The van der Waals surface area contributed by atoms with E-state index < -0.39 is 0 Å². The van der Waals surface area contributed by atoms with E-state index in [0.29, 0.717) is 6.04 Å². The lowest BCUT2D eigenvalue weighted by molar-refractivity contribution is 0.232. The maximum Gasteiger partial charge on any atom is 0.147 e. The van der Waals surface area contributed by atoms with Crippen molar-refractivity contribution in [2.75, 3.05) is 38.1 Å². The number of hydrogen-bond acceptors (Lipinski definition) is 4. The summed E-state index contributed by atoms with van der Waals surface area (Å²) in [7, 11) is 1.93. The number of pyridine rings is 1. The van der Waals surface area contributed by atoms with E-state index in [1.165, 1.54) is 6.42 Å². The number of nitrogens with one attached hydrogen (secondary N) is 1. The van der Waals surface area contributed by atoms with Gasteiger partial charge in [-0.3, -0.25) is 4.90 Å². The zero-order valence-electron chi connectivity index (χ0n) is 12.7. The number of aromatic nitrogens is 1. The van der Waals surface area contributed by atoms with Crippen molar-refractivity contribution in [3.05, 3.63) is 22.8 Å². The van der Waals surface area contributed by atoms with E-state index in [-0.39, 0.29) is 0 Å². The van der Waals surface area contributed by atoms with E-state index in [9.17, 15) is 0 Å². The number of halogens is 1. The van der Waals surface area contributed by atoms with Gasteiger partial charge in [0.15, 0.2) is 0 Å². The molecule has 4 nitrogen and oxygen atoms in total. The first kappa shape index (κ1) is 15.5. The Kier molecular flexibility index (Phi) is 5.64. The molecule has 1 atom stereocenters. The largest absolute Gasteiger partial charge is 0.354 e. The molecule has 1 N–H and O–H groups in total. The quantitative estimate of drug-likeness (QED) is 0.873. The van der Waals surface area contributed by atoms with Gasteiger partial charge >= 0.3 is 0 Å². The summed E-state index contributed by atoms with van der Waals surface area (Å²) in [6.45, 7) is 9.54. The Bertz CT molecular complexity index is 434. The molecule has 0 aliphatic carbocycles. The topological polar surface area (TPSA) is 31.4 Å². The van der Waals surface area contributed by atoms with Gasteiger partial charge in [0.2, 0.25) is 0 Å². The molecule has 1 saturated heterocycles. The van der Waals surface area contributed by atoms with Gasteiger partial charge in [-0.2, -0.15) is 0 Å². The highest BCUT2D eigenvalue weighted by atomic mass is 35.5. The van der Waals surface area contributed by atoms with Crippen LogP contribution in [0.4, 0.5) is 5.82 Å². The van der Waals surface area contributed by atoms with Crippen LogP contribution in [0.3, 0.4) is 0 Å². The molecule has 1 aliphatic rings. The third kappa shape index (κ3) is 3.43. The van der Waals surface area contributed by atoms with Gasteiger partial charge in [0.25, 0.3) is 0 Å². The molecule has 1 aliphatic heterocycles. The summed E-state index contributed by atoms with van der Waals surface area (Å²) in [6, 6.07) is 2.64. The van der Waals surface area contributed by atoms with E-state index in [4.69, 9.17) is 11.6 Å². The van der Waals surface area contributed by atoms with Crippen LogP contribution in [0, 0.1) is 0 Å². The standard InChI is InChI=1S/C15H25ClN4/c1-4-19(5-2)13-6-7-20(11-13)15-14(16)8-12(9-17-3)10-18-15/h8,10,13,17H,4-7,9,11H2,1-3H3. The zero-order chi connectivity index (χ0) is 14.5. The number of nitrogens with zero attached hydrogens (tertiary/aromatic N) is 3. The van der Waals surface area contributed by atoms with E-state index >= 15 is 0 Å². The third-order valence-corrected chi connectivity index (χ3v) is 4.33. The Morgan fingerprint density at radius 3 is 2.80 bits per heavy atom. The van der Waals surface area contributed by atoms with Crippen LogP contribution in [0.2, 0.25) is 5.02 Å². The van der Waals surface area contributed by atoms with Gasteiger partial charge in [-0.15, -0.1) is 0 Å². The van der Waals surface area contributed by atoms with Crippen molar-refractivity contribution in [1.29, 1.82) is 0 Å². The fourth-order valence-corrected chi connectivity index (χ4v) is 3.28. The molecular weight excluding hydrogens is 272 g/mol. The van der Waals surface area contributed by atoms with E-state index in [1.54, 1.807) is 0 Å². The van der Waals surface area contributed by atoms with Crippen LogP contribution in [-0.2, 0) is 6.54 Å². The Hall–Kier alpha value is -0.840. The Morgan fingerprint density at radius 2 is 2.20 bits per heavy atom. The second kappa shape index (κ2) is 7.25. The summed E-state index contributed by atoms with van der Waals surface area (Å²) >= 11 is 6.39. The van der Waals surface area contributed by atoms with Crippen molar-refractivity contribution >= 4 is 17.4 Å². The number of anilines is 1. The van der Waals surface area contributed by atoms with Crippen LogP contribution in [-0.4, -0.2) is 49.2 Å². The van der Waals surface area contributed by atoms with E-state index in [1.807, 2.05) is 19.3 Å². The molecule has 2 heterocycles. The Labute approximate surface area is 127 Å². The first-order valence-electron chi connectivity index (χ1n) is 7.47.